The van der Waals surface area contributed by atoms with Gasteiger partial charge in [0.05, 0.1) is 17.8 Å². The van der Waals surface area contributed by atoms with Crippen LogP contribution in [0.1, 0.15) is 23.9 Å². The van der Waals surface area contributed by atoms with E-state index in [0.29, 0.717) is 19.0 Å². The Morgan fingerprint density at radius 1 is 1.29 bits per heavy atom. The molecular weight excluding hydrogens is 526 g/mol. The van der Waals surface area contributed by atoms with E-state index in [4.69, 9.17) is 4.52 Å². The van der Waals surface area contributed by atoms with Gasteiger partial charge >= 0.3 is 6.61 Å². The van der Waals surface area contributed by atoms with Crippen molar-refractivity contribution in [3.8, 4) is 5.75 Å². The second-order valence-electron chi connectivity index (χ2n) is 6.96. The molecule has 11 heteroatoms. The van der Waals surface area contributed by atoms with Crippen LogP contribution in [0.25, 0.3) is 0 Å². The molecule has 2 heterocycles. The Balaban J connectivity index is 0.00000341. The summed E-state index contributed by atoms with van der Waals surface area (Å²) in [4.78, 5) is 8.81. The largest absolute Gasteiger partial charge is 0.434 e. The molecule has 0 spiro atoms. The average molecular weight is 553 g/mol. The molecule has 0 aliphatic carbocycles. The number of halogens is 4. The lowest BCUT2D eigenvalue weighted by Crippen LogP contribution is -2.52. The normalized spacial score (nSPS) is 15.2. The molecule has 0 bridgehead atoms. The lowest BCUT2D eigenvalue weighted by molar-refractivity contribution is -0.0506. The summed E-state index contributed by atoms with van der Waals surface area (Å²) in [7, 11) is 0. The van der Waals surface area contributed by atoms with Crippen LogP contribution >= 0.6 is 24.0 Å². The monoisotopic (exact) mass is 553 g/mol. The van der Waals surface area contributed by atoms with E-state index in [1.54, 1.807) is 0 Å². The number of piperazine rings is 1. The Bertz CT molecular complexity index is 857. The number of nitrogens with one attached hydrogen (secondary N) is 1. The third-order valence-electron chi connectivity index (χ3n) is 4.75. The van der Waals surface area contributed by atoms with E-state index in [1.165, 1.54) is 18.2 Å². The van der Waals surface area contributed by atoms with E-state index < -0.39 is 12.4 Å². The topological polar surface area (TPSA) is 66.1 Å². The molecule has 1 saturated heterocycles. The number of guanidine groups is 1. The fourth-order valence-electron chi connectivity index (χ4n) is 3.32. The maximum Gasteiger partial charge on any atom is 0.387 e. The van der Waals surface area contributed by atoms with Crippen LogP contribution in [0, 0.1) is 12.7 Å². The molecule has 0 radical (unpaired) electrons. The van der Waals surface area contributed by atoms with Gasteiger partial charge in [-0.2, -0.15) is 8.78 Å². The average Bonchev–Trinajstić information content (AvgIpc) is 3.11. The van der Waals surface area contributed by atoms with E-state index in [-0.39, 0.29) is 41.8 Å². The minimum atomic E-state index is -3.02. The fraction of sp³-hybridized carbons (Fsp3) is 0.500. The molecular formula is C20H27F3IN5O2. The number of hydrogen-bond donors (Lipinski definition) is 1. The van der Waals surface area contributed by atoms with Crippen LogP contribution in [-0.4, -0.2) is 60.3 Å². The molecule has 0 atom stereocenters. The predicted molar refractivity (Wildman–Crippen MR) is 121 cm³/mol. The maximum atomic E-state index is 14.2. The highest BCUT2D eigenvalue weighted by Gasteiger charge is 2.21. The van der Waals surface area contributed by atoms with E-state index in [2.05, 4.69) is 30.0 Å². The second kappa shape index (κ2) is 12.1. The smallest absolute Gasteiger partial charge is 0.387 e. The first-order chi connectivity index (χ1) is 14.5. The Kier molecular flexibility index (Phi) is 9.88. The van der Waals surface area contributed by atoms with Crippen molar-refractivity contribution in [1.82, 2.24) is 20.3 Å². The van der Waals surface area contributed by atoms with Crippen molar-refractivity contribution in [2.24, 2.45) is 4.99 Å². The summed E-state index contributed by atoms with van der Waals surface area (Å²) in [6, 6.07) is 5.78. The second-order valence-corrected chi connectivity index (χ2v) is 6.96. The van der Waals surface area contributed by atoms with Crippen LogP contribution in [0.5, 0.6) is 5.75 Å². The quantitative estimate of drug-likeness (QED) is 0.321. The van der Waals surface area contributed by atoms with Crippen molar-refractivity contribution < 1.29 is 22.4 Å². The number of alkyl halides is 2. The highest BCUT2D eigenvalue weighted by molar-refractivity contribution is 14.0. The van der Waals surface area contributed by atoms with Gasteiger partial charge in [-0.3, -0.25) is 4.90 Å². The standard InChI is InChI=1S/C20H26F3N5O2.HI/c1-3-24-20(25-12-16-17(21)5-4-6-18(16)29-19(22)23)28-9-7-27(8-10-28)13-15-11-14(2)30-26-15;/h4-6,11,19H,3,7-10,12-13H2,1-2H3,(H,24,25);1H. The third-order valence-corrected chi connectivity index (χ3v) is 4.75. The first kappa shape index (κ1) is 25.2. The molecule has 7 nitrogen and oxygen atoms in total. The summed E-state index contributed by atoms with van der Waals surface area (Å²) in [6.07, 6.45) is 0. The molecule has 1 aliphatic rings. The molecule has 0 amide bonds. The molecule has 31 heavy (non-hydrogen) atoms. The zero-order valence-electron chi connectivity index (χ0n) is 17.5. The molecule has 2 aromatic rings. The molecule has 0 saturated carbocycles. The molecule has 172 valence electrons. The fourth-order valence-corrected chi connectivity index (χ4v) is 3.32. The highest BCUT2D eigenvalue weighted by Crippen LogP contribution is 2.24. The van der Waals surface area contributed by atoms with Gasteiger partial charge in [-0.1, -0.05) is 11.2 Å². The van der Waals surface area contributed by atoms with Gasteiger partial charge in [-0.15, -0.1) is 24.0 Å². The number of nitrogens with zero attached hydrogens (tertiary/aromatic N) is 4. The molecule has 0 unspecified atom stereocenters. The lowest BCUT2D eigenvalue weighted by Gasteiger charge is -2.36. The number of hydrogen-bond acceptors (Lipinski definition) is 5. The van der Waals surface area contributed by atoms with Gasteiger partial charge in [-0.25, -0.2) is 9.38 Å². The number of benzene rings is 1. The SMILES string of the molecule is CCNC(=NCc1c(F)cccc1OC(F)F)N1CCN(Cc2cc(C)on2)CC1.I. The molecule has 1 aromatic heterocycles. The number of aryl methyl sites for hydroxylation is 1. The highest BCUT2D eigenvalue weighted by atomic mass is 127. The Hall–Kier alpha value is -2.02. The summed E-state index contributed by atoms with van der Waals surface area (Å²) < 4.78 is 49.0. The van der Waals surface area contributed by atoms with Gasteiger partial charge in [0, 0.05) is 45.3 Å². The minimum Gasteiger partial charge on any atom is -0.434 e. The lowest BCUT2D eigenvalue weighted by atomic mass is 10.2. The van der Waals surface area contributed by atoms with Gasteiger partial charge in [0.15, 0.2) is 5.96 Å². The summed E-state index contributed by atoms with van der Waals surface area (Å²) in [5.74, 6) is 0.576. The van der Waals surface area contributed by atoms with Gasteiger partial charge < -0.3 is 19.5 Å². The summed E-state index contributed by atoms with van der Waals surface area (Å²) in [5, 5.41) is 7.22. The Labute approximate surface area is 196 Å². The van der Waals surface area contributed by atoms with E-state index in [0.717, 1.165) is 37.6 Å². The van der Waals surface area contributed by atoms with Crippen molar-refractivity contribution in [1.29, 1.82) is 0 Å². The first-order valence-electron chi connectivity index (χ1n) is 9.86. The van der Waals surface area contributed by atoms with Crippen molar-refractivity contribution >= 4 is 29.9 Å². The van der Waals surface area contributed by atoms with Gasteiger partial charge in [0.2, 0.25) is 0 Å². The maximum absolute atomic E-state index is 14.2. The van der Waals surface area contributed by atoms with Crippen LogP contribution in [0.3, 0.4) is 0 Å². The number of rotatable bonds is 7. The van der Waals surface area contributed by atoms with E-state index in [1.807, 2.05) is 19.9 Å². The van der Waals surface area contributed by atoms with E-state index in [9.17, 15) is 13.2 Å². The zero-order valence-corrected chi connectivity index (χ0v) is 19.8. The van der Waals surface area contributed by atoms with Crippen molar-refractivity contribution in [2.75, 3.05) is 32.7 Å². The third kappa shape index (κ3) is 7.27. The predicted octanol–water partition coefficient (Wildman–Crippen LogP) is 3.62. The zero-order chi connectivity index (χ0) is 21.5. The van der Waals surface area contributed by atoms with Crippen LogP contribution in [0.2, 0.25) is 0 Å². The molecule has 1 aliphatic heterocycles. The number of aromatic nitrogens is 1. The summed E-state index contributed by atoms with van der Waals surface area (Å²) >= 11 is 0. The molecule has 1 aromatic carbocycles. The van der Waals surface area contributed by atoms with Gasteiger partial charge in [-0.05, 0) is 26.0 Å². The summed E-state index contributed by atoms with van der Waals surface area (Å²) in [6.45, 7) is 5.07. The first-order valence-corrected chi connectivity index (χ1v) is 9.86. The van der Waals surface area contributed by atoms with Crippen LogP contribution in [0.15, 0.2) is 33.8 Å². The summed E-state index contributed by atoms with van der Waals surface area (Å²) in [5.41, 5.74) is 0.904. The molecule has 1 N–H and O–H groups in total. The Morgan fingerprint density at radius 2 is 2.03 bits per heavy atom. The minimum absolute atomic E-state index is 0. The number of aliphatic imine (C=N–C) groups is 1. The van der Waals surface area contributed by atoms with Crippen LogP contribution in [0.4, 0.5) is 13.2 Å². The molecule has 3 rings (SSSR count). The van der Waals surface area contributed by atoms with Crippen molar-refractivity contribution in [3.05, 3.63) is 47.1 Å². The van der Waals surface area contributed by atoms with Gasteiger partial charge in [0.25, 0.3) is 0 Å². The van der Waals surface area contributed by atoms with Crippen LogP contribution < -0.4 is 10.1 Å². The van der Waals surface area contributed by atoms with Crippen LogP contribution in [-0.2, 0) is 13.1 Å². The molecule has 1 fully saturated rings. The van der Waals surface area contributed by atoms with Gasteiger partial charge in [0.1, 0.15) is 17.3 Å². The van der Waals surface area contributed by atoms with E-state index >= 15 is 0 Å². The Morgan fingerprint density at radius 3 is 2.65 bits per heavy atom. The van der Waals surface area contributed by atoms with Crippen molar-refractivity contribution in [3.63, 3.8) is 0 Å². The number of ether oxygens (including phenoxy) is 1. The van der Waals surface area contributed by atoms with Crippen molar-refractivity contribution in [2.45, 2.75) is 33.5 Å².